The van der Waals surface area contributed by atoms with Gasteiger partial charge in [0.25, 0.3) is 0 Å². The zero-order chi connectivity index (χ0) is 18.6. The monoisotopic (exact) mass is 382 g/mol. The Balaban J connectivity index is 2.35. The van der Waals surface area contributed by atoms with Crippen molar-refractivity contribution in [3.63, 3.8) is 0 Å². The third kappa shape index (κ3) is 4.18. The first-order valence-corrected chi connectivity index (χ1v) is 7.87. The van der Waals surface area contributed by atoms with Gasteiger partial charge in [0, 0.05) is 6.07 Å². The standard InChI is InChI=1S/C18H16Cl2O5/c1-23-15-9-16(24-2)12(19)8-11(15)14(21)5-4-10-6-13(20)18(22)17(7-10)25-3/h4-9,22H,1-3H3. The van der Waals surface area contributed by atoms with Gasteiger partial charge in [0.05, 0.1) is 36.9 Å². The van der Waals surface area contributed by atoms with Crippen LogP contribution in [-0.2, 0) is 0 Å². The molecule has 0 radical (unpaired) electrons. The van der Waals surface area contributed by atoms with E-state index in [2.05, 4.69) is 0 Å². The van der Waals surface area contributed by atoms with Crippen molar-refractivity contribution in [3.05, 3.63) is 51.5 Å². The molecule has 0 fully saturated rings. The van der Waals surface area contributed by atoms with Gasteiger partial charge in [0.2, 0.25) is 0 Å². The van der Waals surface area contributed by atoms with Gasteiger partial charge < -0.3 is 19.3 Å². The normalized spacial score (nSPS) is 10.8. The molecule has 0 unspecified atom stereocenters. The highest BCUT2D eigenvalue weighted by Crippen LogP contribution is 2.36. The van der Waals surface area contributed by atoms with E-state index in [-0.39, 0.29) is 22.3 Å². The van der Waals surface area contributed by atoms with E-state index in [0.717, 1.165) is 0 Å². The van der Waals surface area contributed by atoms with Gasteiger partial charge in [-0.2, -0.15) is 0 Å². The Morgan fingerprint density at radius 3 is 2.16 bits per heavy atom. The van der Waals surface area contributed by atoms with Gasteiger partial charge in [-0.25, -0.2) is 0 Å². The zero-order valence-corrected chi connectivity index (χ0v) is 15.3. The van der Waals surface area contributed by atoms with Crippen molar-refractivity contribution in [1.82, 2.24) is 0 Å². The van der Waals surface area contributed by atoms with Crippen LogP contribution in [0.3, 0.4) is 0 Å². The Morgan fingerprint density at radius 2 is 1.56 bits per heavy atom. The predicted octanol–water partition coefficient (Wildman–Crippen LogP) is 4.62. The summed E-state index contributed by atoms with van der Waals surface area (Å²) < 4.78 is 15.4. The lowest BCUT2D eigenvalue weighted by Gasteiger charge is -2.10. The van der Waals surface area contributed by atoms with E-state index in [9.17, 15) is 9.90 Å². The maximum Gasteiger partial charge on any atom is 0.189 e. The number of carbonyl (C=O) groups is 1. The second-order valence-electron chi connectivity index (χ2n) is 4.94. The van der Waals surface area contributed by atoms with Gasteiger partial charge in [-0.15, -0.1) is 0 Å². The van der Waals surface area contributed by atoms with Crippen molar-refractivity contribution in [1.29, 1.82) is 0 Å². The van der Waals surface area contributed by atoms with Gasteiger partial charge in [0.15, 0.2) is 17.3 Å². The number of ether oxygens (including phenoxy) is 3. The largest absolute Gasteiger partial charge is 0.503 e. The maximum absolute atomic E-state index is 12.5. The second kappa shape index (κ2) is 8.14. The fourth-order valence-electron chi connectivity index (χ4n) is 2.16. The molecule has 0 saturated heterocycles. The third-order valence-corrected chi connectivity index (χ3v) is 4.02. The van der Waals surface area contributed by atoms with Gasteiger partial charge in [-0.05, 0) is 29.8 Å². The number of ketones is 1. The smallest absolute Gasteiger partial charge is 0.189 e. The van der Waals surface area contributed by atoms with Crippen LogP contribution >= 0.6 is 23.2 Å². The molecule has 0 bridgehead atoms. The second-order valence-corrected chi connectivity index (χ2v) is 5.75. The van der Waals surface area contributed by atoms with Gasteiger partial charge in [-0.1, -0.05) is 29.3 Å². The van der Waals surface area contributed by atoms with E-state index in [1.165, 1.54) is 39.5 Å². The molecule has 0 aliphatic heterocycles. The maximum atomic E-state index is 12.5. The molecule has 1 N–H and O–H groups in total. The minimum atomic E-state index is -0.315. The summed E-state index contributed by atoms with van der Waals surface area (Å²) in [6, 6.07) is 6.10. The molecule has 132 valence electrons. The summed E-state index contributed by atoms with van der Waals surface area (Å²) in [4.78, 5) is 12.5. The molecular weight excluding hydrogens is 367 g/mol. The molecule has 0 spiro atoms. The number of hydrogen-bond donors (Lipinski definition) is 1. The summed E-state index contributed by atoms with van der Waals surface area (Å²) in [5, 5.41) is 10.2. The molecule has 0 heterocycles. The molecule has 0 amide bonds. The SMILES string of the molecule is COc1cc(OC)c(C(=O)C=Cc2cc(Cl)c(O)c(OC)c2)cc1Cl. The number of halogens is 2. The Morgan fingerprint density at radius 1 is 0.920 bits per heavy atom. The quantitative estimate of drug-likeness (QED) is 0.583. The Labute approximate surface area is 155 Å². The van der Waals surface area contributed by atoms with Crippen LogP contribution < -0.4 is 14.2 Å². The van der Waals surface area contributed by atoms with Crippen LogP contribution in [0.2, 0.25) is 10.0 Å². The lowest BCUT2D eigenvalue weighted by molar-refractivity contribution is 0.104. The van der Waals surface area contributed by atoms with Gasteiger partial charge >= 0.3 is 0 Å². The molecule has 2 aromatic rings. The average molecular weight is 383 g/mol. The molecular formula is C18H16Cl2O5. The van der Waals surface area contributed by atoms with E-state index >= 15 is 0 Å². The first-order valence-electron chi connectivity index (χ1n) is 7.11. The molecule has 25 heavy (non-hydrogen) atoms. The summed E-state index contributed by atoms with van der Waals surface area (Å²) >= 11 is 12.0. The first kappa shape index (κ1) is 19.0. The molecule has 2 rings (SSSR count). The Hall–Kier alpha value is -2.37. The van der Waals surface area contributed by atoms with E-state index in [4.69, 9.17) is 37.4 Å². The zero-order valence-electron chi connectivity index (χ0n) is 13.8. The van der Waals surface area contributed by atoms with E-state index < -0.39 is 0 Å². The minimum absolute atomic E-state index is 0.122. The topological polar surface area (TPSA) is 65.0 Å². The number of aromatic hydroxyl groups is 1. The van der Waals surface area contributed by atoms with Crippen LogP contribution in [-0.4, -0.2) is 32.2 Å². The number of carbonyl (C=O) groups excluding carboxylic acids is 1. The lowest BCUT2D eigenvalue weighted by atomic mass is 10.1. The van der Waals surface area contributed by atoms with Crippen LogP contribution in [0.15, 0.2) is 30.3 Å². The minimum Gasteiger partial charge on any atom is -0.503 e. The Bertz CT molecular complexity index is 831. The lowest BCUT2D eigenvalue weighted by Crippen LogP contribution is -2.00. The highest BCUT2D eigenvalue weighted by molar-refractivity contribution is 6.33. The molecule has 2 aromatic carbocycles. The van der Waals surface area contributed by atoms with Crippen molar-refractivity contribution in [2.75, 3.05) is 21.3 Å². The summed E-state index contributed by atoms with van der Waals surface area (Å²) in [6.07, 6.45) is 2.90. The number of hydrogen-bond acceptors (Lipinski definition) is 5. The number of allylic oxidation sites excluding steroid dienone is 1. The van der Waals surface area contributed by atoms with E-state index in [1.807, 2.05) is 0 Å². The van der Waals surface area contributed by atoms with Crippen molar-refractivity contribution in [2.24, 2.45) is 0 Å². The number of methoxy groups -OCH3 is 3. The number of phenols is 1. The van der Waals surface area contributed by atoms with Crippen molar-refractivity contribution < 1.29 is 24.1 Å². The number of rotatable bonds is 6. The van der Waals surface area contributed by atoms with Crippen LogP contribution in [0.5, 0.6) is 23.0 Å². The summed E-state index contributed by atoms with van der Waals surface area (Å²) in [6.45, 7) is 0. The molecule has 0 aliphatic rings. The summed E-state index contributed by atoms with van der Waals surface area (Å²) in [5.41, 5.74) is 0.882. The van der Waals surface area contributed by atoms with E-state index in [0.29, 0.717) is 27.6 Å². The van der Waals surface area contributed by atoms with Crippen molar-refractivity contribution in [3.8, 4) is 23.0 Å². The molecule has 7 heteroatoms. The van der Waals surface area contributed by atoms with E-state index in [1.54, 1.807) is 18.2 Å². The highest BCUT2D eigenvalue weighted by Gasteiger charge is 2.15. The van der Waals surface area contributed by atoms with Crippen molar-refractivity contribution >= 4 is 35.1 Å². The molecule has 0 saturated carbocycles. The van der Waals surface area contributed by atoms with Gasteiger partial charge in [-0.3, -0.25) is 4.79 Å². The van der Waals surface area contributed by atoms with Crippen LogP contribution in [0.4, 0.5) is 0 Å². The number of phenolic OH excluding ortho intramolecular Hbond substituents is 1. The summed E-state index contributed by atoms with van der Waals surface area (Å²) in [7, 11) is 4.34. The fraction of sp³-hybridized carbons (Fsp3) is 0.167. The third-order valence-electron chi connectivity index (χ3n) is 3.44. The van der Waals surface area contributed by atoms with Crippen LogP contribution in [0.1, 0.15) is 15.9 Å². The first-order chi connectivity index (χ1) is 11.9. The molecule has 0 aliphatic carbocycles. The van der Waals surface area contributed by atoms with Crippen LogP contribution in [0.25, 0.3) is 6.08 Å². The summed E-state index contributed by atoms with van der Waals surface area (Å²) in [5.74, 6) is 0.497. The van der Waals surface area contributed by atoms with Crippen molar-refractivity contribution in [2.45, 2.75) is 0 Å². The molecule has 0 atom stereocenters. The molecule has 0 aromatic heterocycles. The molecule has 5 nitrogen and oxygen atoms in total. The number of benzene rings is 2. The van der Waals surface area contributed by atoms with Gasteiger partial charge in [0.1, 0.15) is 11.5 Å². The predicted molar refractivity (Wildman–Crippen MR) is 97.6 cm³/mol. The van der Waals surface area contributed by atoms with Crippen LogP contribution in [0, 0.1) is 0 Å². The fourth-order valence-corrected chi connectivity index (χ4v) is 2.62. The average Bonchev–Trinajstić information content (AvgIpc) is 2.61. The Kier molecular flexibility index (Phi) is 6.17. The highest BCUT2D eigenvalue weighted by atomic mass is 35.5.